The van der Waals surface area contributed by atoms with Gasteiger partial charge in [0.05, 0.1) is 6.54 Å². The molecule has 0 heterocycles. The van der Waals surface area contributed by atoms with Crippen LogP contribution in [0.5, 0.6) is 0 Å². The molecule has 1 amide bonds. The van der Waals surface area contributed by atoms with E-state index in [1.165, 1.54) is 4.90 Å². The predicted molar refractivity (Wildman–Crippen MR) is 79.1 cm³/mol. The molecule has 0 aliphatic carbocycles. The van der Waals surface area contributed by atoms with E-state index in [2.05, 4.69) is 5.32 Å². The molecule has 0 aromatic heterocycles. The fourth-order valence-electron chi connectivity index (χ4n) is 2.43. The summed E-state index contributed by atoms with van der Waals surface area (Å²) < 4.78 is 25.1. The number of hydrogen-bond donors (Lipinski definition) is 2. The van der Waals surface area contributed by atoms with Gasteiger partial charge in [0, 0.05) is 12.6 Å². The number of amides is 1. The van der Waals surface area contributed by atoms with E-state index < -0.39 is 24.4 Å². The van der Waals surface area contributed by atoms with E-state index in [0.29, 0.717) is 5.56 Å². The van der Waals surface area contributed by atoms with Crippen LogP contribution in [0.2, 0.25) is 0 Å². The predicted octanol–water partition coefficient (Wildman–Crippen LogP) is 1.56. The van der Waals surface area contributed by atoms with Crippen LogP contribution < -0.4 is 11.1 Å². The number of nitrogens with zero attached hydrogens (tertiary/aromatic N) is 1. The largest absolute Gasteiger partial charge is 0.368 e. The van der Waals surface area contributed by atoms with Gasteiger partial charge in [0.15, 0.2) is 0 Å². The molecule has 1 rings (SSSR count). The molecular weight excluding hydrogens is 276 g/mol. The Morgan fingerprint density at radius 2 is 1.90 bits per heavy atom. The van der Waals surface area contributed by atoms with Gasteiger partial charge in [0.2, 0.25) is 5.91 Å². The van der Waals surface area contributed by atoms with Crippen molar-refractivity contribution in [2.24, 2.45) is 5.73 Å². The van der Waals surface area contributed by atoms with Gasteiger partial charge >= 0.3 is 0 Å². The van der Waals surface area contributed by atoms with E-state index in [1.807, 2.05) is 19.9 Å². The molecule has 0 bridgehead atoms. The number of halogens is 2. The number of benzene rings is 1. The van der Waals surface area contributed by atoms with Crippen molar-refractivity contribution in [3.63, 3.8) is 0 Å². The topological polar surface area (TPSA) is 58.4 Å². The Hall–Kier alpha value is -1.53. The van der Waals surface area contributed by atoms with Gasteiger partial charge in [0.25, 0.3) is 6.43 Å². The highest BCUT2D eigenvalue weighted by molar-refractivity contribution is 5.86. The van der Waals surface area contributed by atoms with Gasteiger partial charge < -0.3 is 5.73 Å². The van der Waals surface area contributed by atoms with E-state index >= 15 is 0 Å². The lowest BCUT2D eigenvalue weighted by molar-refractivity contribution is -0.126. The Balaban J connectivity index is 3.16. The fraction of sp³-hybridized carbons (Fsp3) is 0.533. The number of nitrogens with one attached hydrogen (secondary N) is 1. The number of carbonyl (C=O) groups excluding carboxylic acids is 1. The van der Waals surface area contributed by atoms with Gasteiger partial charge in [-0.15, -0.1) is 0 Å². The lowest BCUT2D eigenvalue weighted by Crippen LogP contribution is -2.60. The quantitative estimate of drug-likeness (QED) is 0.766. The molecule has 4 nitrogen and oxygen atoms in total. The van der Waals surface area contributed by atoms with Crippen LogP contribution in [0.1, 0.15) is 19.4 Å². The molecule has 0 radical (unpaired) electrons. The number of nitrogens with two attached hydrogens (primary N) is 1. The van der Waals surface area contributed by atoms with Crippen molar-refractivity contribution in [2.45, 2.75) is 31.9 Å². The lowest BCUT2D eigenvalue weighted by atomic mass is 9.87. The summed E-state index contributed by atoms with van der Waals surface area (Å²) in [5.74, 6) is -0.580. The van der Waals surface area contributed by atoms with Crippen molar-refractivity contribution in [3.8, 4) is 0 Å². The summed E-state index contributed by atoms with van der Waals surface area (Å²) in [7, 11) is 1.55. The average Bonchev–Trinajstić information content (AvgIpc) is 2.37. The second kappa shape index (κ2) is 7.47. The van der Waals surface area contributed by atoms with Gasteiger partial charge in [-0.1, -0.05) is 30.3 Å². The van der Waals surface area contributed by atoms with Crippen molar-refractivity contribution < 1.29 is 13.6 Å². The molecule has 0 saturated heterocycles. The average molecular weight is 299 g/mol. The van der Waals surface area contributed by atoms with Crippen LogP contribution in [-0.4, -0.2) is 43.4 Å². The highest BCUT2D eigenvalue weighted by atomic mass is 19.3. The monoisotopic (exact) mass is 299 g/mol. The van der Waals surface area contributed by atoms with E-state index in [9.17, 15) is 13.6 Å². The summed E-state index contributed by atoms with van der Waals surface area (Å²) in [6.45, 7) is 3.43. The standard InChI is InChI=1S/C15H23F2N3O/c1-11(2)19-15(14(18)21,10-20(3)9-13(16)17)12-7-5-4-6-8-12/h4-8,11,13,19H,9-10H2,1-3H3,(H2,18,21). The van der Waals surface area contributed by atoms with Crippen LogP contribution in [0.4, 0.5) is 8.78 Å². The first kappa shape index (κ1) is 17.5. The molecule has 0 spiro atoms. The maximum absolute atomic E-state index is 12.5. The van der Waals surface area contributed by atoms with Gasteiger partial charge in [0.1, 0.15) is 5.54 Å². The maximum atomic E-state index is 12.5. The smallest absolute Gasteiger partial charge is 0.251 e. The third-order valence-corrected chi connectivity index (χ3v) is 3.18. The molecule has 0 aliphatic heterocycles. The SMILES string of the molecule is CC(C)NC(CN(C)CC(F)F)(C(N)=O)c1ccccc1. The highest BCUT2D eigenvalue weighted by Crippen LogP contribution is 2.23. The van der Waals surface area contributed by atoms with Crippen LogP contribution in [0.15, 0.2) is 30.3 Å². The first-order valence-corrected chi connectivity index (χ1v) is 6.87. The molecule has 6 heteroatoms. The molecule has 1 aromatic carbocycles. The number of likely N-dealkylation sites (N-methyl/N-ethyl adjacent to an activating group) is 1. The minimum Gasteiger partial charge on any atom is -0.368 e. The van der Waals surface area contributed by atoms with Gasteiger partial charge in [-0.2, -0.15) is 0 Å². The minimum atomic E-state index is -2.46. The Morgan fingerprint density at radius 3 is 2.33 bits per heavy atom. The third-order valence-electron chi connectivity index (χ3n) is 3.18. The Labute approximate surface area is 124 Å². The summed E-state index contributed by atoms with van der Waals surface area (Å²) in [4.78, 5) is 13.5. The summed E-state index contributed by atoms with van der Waals surface area (Å²) >= 11 is 0. The Bertz CT molecular complexity index is 453. The molecule has 21 heavy (non-hydrogen) atoms. The second-order valence-corrected chi connectivity index (χ2v) is 5.52. The summed E-state index contributed by atoms with van der Waals surface area (Å²) in [5.41, 5.74) is 5.09. The van der Waals surface area contributed by atoms with Gasteiger partial charge in [-0.3, -0.25) is 15.0 Å². The van der Waals surface area contributed by atoms with Crippen LogP contribution in [0, 0.1) is 0 Å². The highest BCUT2D eigenvalue weighted by Gasteiger charge is 2.40. The molecule has 0 fully saturated rings. The molecule has 3 N–H and O–H groups in total. The van der Waals surface area contributed by atoms with Crippen LogP contribution >= 0.6 is 0 Å². The first-order chi connectivity index (χ1) is 9.78. The van der Waals surface area contributed by atoms with E-state index in [1.54, 1.807) is 31.3 Å². The fourth-order valence-corrected chi connectivity index (χ4v) is 2.43. The number of carbonyl (C=O) groups is 1. The maximum Gasteiger partial charge on any atom is 0.251 e. The molecule has 0 aliphatic rings. The van der Waals surface area contributed by atoms with Crippen molar-refractivity contribution >= 4 is 5.91 Å². The zero-order valence-corrected chi connectivity index (χ0v) is 12.6. The van der Waals surface area contributed by atoms with Crippen LogP contribution in [0.25, 0.3) is 0 Å². The number of rotatable bonds is 8. The summed E-state index contributed by atoms with van der Waals surface area (Å²) in [6.07, 6.45) is -2.46. The first-order valence-electron chi connectivity index (χ1n) is 6.87. The number of primary amides is 1. The summed E-state index contributed by atoms with van der Waals surface area (Å²) in [6, 6.07) is 8.93. The van der Waals surface area contributed by atoms with Crippen molar-refractivity contribution in [3.05, 3.63) is 35.9 Å². The van der Waals surface area contributed by atoms with E-state index in [0.717, 1.165) is 0 Å². The molecule has 1 aromatic rings. The van der Waals surface area contributed by atoms with Crippen molar-refractivity contribution in [2.75, 3.05) is 20.1 Å². The van der Waals surface area contributed by atoms with Crippen LogP contribution in [-0.2, 0) is 10.3 Å². The third kappa shape index (κ3) is 4.75. The molecule has 118 valence electrons. The Morgan fingerprint density at radius 1 is 1.33 bits per heavy atom. The lowest BCUT2D eigenvalue weighted by Gasteiger charge is -2.37. The van der Waals surface area contributed by atoms with E-state index in [-0.39, 0.29) is 12.6 Å². The number of hydrogen-bond acceptors (Lipinski definition) is 3. The van der Waals surface area contributed by atoms with Crippen LogP contribution in [0.3, 0.4) is 0 Å². The Kier molecular flexibility index (Phi) is 6.23. The van der Waals surface area contributed by atoms with Gasteiger partial charge in [-0.05, 0) is 26.5 Å². The second-order valence-electron chi connectivity index (χ2n) is 5.52. The van der Waals surface area contributed by atoms with Gasteiger partial charge in [-0.25, -0.2) is 8.78 Å². The number of alkyl halides is 2. The minimum absolute atomic E-state index is 0.0299. The molecule has 0 saturated carbocycles. The van der Waals surface area contributed by atoms with Crippen molar-refractivity contribution in [1.82, 2.24) is 10.2 Å². The summed E-state index contributed by atoms with van der Waals surface area (Å²) in [5, 5.41) is 3.15. The zero-order valence-electron chi connectivity index (χ0n) is 12.6. The normalized spacial score (nSPS) is 14.7. The molecular formula is C15H23F2N3O. The molecule has 1 unspecified atom stereocenters. The van der Waals surface area contributed by atoms with Crippen molar-refractivity contribution in [1.29, 1.82) is 0 Å². The molecule has 1 atom stereocenters. The van der Waals surface area contributed by atoms with E-state index in [4.69, 9.17) is 5.73 Å². The zero-order chi connectivity index (χ0) is 16.0.